The summed E-state index contributed by atoms with van der Waals surface area (Å²) in [4.78, 5) is 12.0. The Morgan fingerprint density at radius 2 is 1.71 bits per heavy atom. The number of hydrogen-bond donors (Lipinski definition) is 1. The van der Waals surface area contributed by atoms with Crippen LogP contribution in [0.2, 0.25) is 0 Å². The lowest BCUT2D eigenvalue weighted by molar-refractivity contribution is -0.123. The summed E-state index contributed by atoms with van der Waals surface area (Å²) in [6.07, 6.45) is 5.47. The van der Waals surface area contributed by atoms with Crippen molar-refractivity contribution in [1.82, 2.24) is 5.32 Å². The lowest BCUT2D eigenvalue weighted by atomic mass is 10.0. The molecule has 3 aliphatic rings. The van der Waals surface area contributed by atoms with Crippen LogP contribution in [0.3, 0.4) is 0 Å². The number of nitrogens with one attached hydrogen (secondary N) is 1. The molecule has 1 aliphatic heterocycles. The van der Waals surface area contributed by atoms with Gasteiger partial charge in [0.25, 0.3) is 0 Å². The van der Waals surface area contributed by atoms with Gasteiger partial charge in [-0.1, -0.05) is 12.8 Å². The molecule has 0 radical (unpaired) electrons. The van der Waals surface area contributed by atoms with Crippen LogP contribution in [-0.4, -0.2) is 31.9 Å². The van der Waals surface area contributed by atoms with Gasteiger partial charge in [-0.15, -0.1) is 0 Å². The zero-order valence-corrected chi connectivity index (χ0v) is 10.7. The summed E-state index contributed by atoms with van der Waals surface area (Å²) in [7, 11) is -2.89. The van der Waals surface area contributed by atoms with Crippen LogP contribution in [0.4, 0.5) is 0 Å². The first-order valence-corrected chi connectivity index (χ1v) is 8.40. The lowest BCUT2D eigenvalue weighted by Gasteiger charge is -2.10. The third kappa shape index (κ3) is 2.21. The quantitative estimate of drug-likeness (QED) is 0.793. The van der Waals surface area contributed by atoms with Crippen LogP contribution < -0.4 is 5.32 Å². The van der Waals surface area contributed by atoms with Crippen molar-refractivity contribution in [2.45, 2.75) is 38.1 Å². The first kappa shape index (κ1) is 11.5. The Bertz CT molecular complexity index is 419. The van der Waals surface area contributed by atoms with Gasteiger partial charge in [0, 0.05) is 12.0 Å². The number of hydrogen-bond acceptors (Lipinski definition) is 3. The van der Waals surface area contributed by atoms with Crippen molar-refractivity contribution in [3.8, 4) is 0 Å². The summed E-state index contributed by atoms with van der Waals surface area (Å²) in [5.41, 5.74) is 0. The maximum absolute atomic E-state index is 12.0. The average Bonchev–Trinajstić information content (AvgIpc) is 2.91. The predicted molar refractivity (Wildman–Crippen MR) is 64.1 cm³/mol. The summed E-state index contributed by atoms with van der Waals surface area (Å²) in [6.45, 7) is 0. The zero-order valence-electron chi connectivity index (χ0n) is 9.89. The van der Waals surface area contributed by atoms with Gasteiger partial charge in [-0.3, -0.25) is 4.79 Å². The van der Waals surface area contributed by atoms with Gasteiger partial charge in [-0.25, -0.2) is 8.42 Å². The van der Waals surface area contributed by atoms with E-state index in [9.17, 15) is 13.2 Å². The number of sulfone groups is 1. The highest BCUT2D eigenvalue weighted by atomic mass is 32.2. The molecule has 0 aromatic carbocycles. The molecule has 0 aromatic heterocycles. The van der Waals surface area contributed by atoms with Crippen molar-refractivity contribution in [2.75, 3.05) is 11.5 Å². The minimum atomic E-state index is -2.89. The molecule has 3 atom stereocenters. The van der Waals surface area contributed by atoms with Crippen molar-refractivity contribution >= 4 is 15.7 Å². The summed E-state index contributed by atoms with van der Waals surface area (Å²) in [5, 5.41) is 2.93. The molecule has 5 heteroatoms. The van der Waals surface area contributed by atoms with Crippen molar-refractivity contribution in [3.05, 3.63) is 0 Å². The maximum atomic E-state index is 12.0. The first-order valence-electron chi connectivity index (χ1n) is 6.58. The number of carbonyl (C=O) groups is 1. The Balaban J connectivity index is 1.55. The highest BCUT2D eigenvalue weighted by Crippen LogP contribution is 2.55. The van der Waals surface area contributed by atoms with E-state index in [-0.39, 0.29) is 29.4 Å². The van der Waals surface area contributed by atoms with E-state index in [1.54, 1.807) is 0 Å². The maximum Gasteiger partial charge on any atom is 0.223 e. The molecule has 1 saturated heterocycles. The minimum absolute atomic E-state index is 0.115. The average molecular weight is 257 g/mol. The van der Waals surface area contributed by atoms with Crippen molar-refractivity contribution in [3.63, 3.8) is 0 Å². The van der Waals surface area contributed by atoms with E-state index >= 15 is 0 Å². The minimum Gasteiger partial charge on any atom is -0.352 e. The second-order valence-corrected chi connectivity index (χ2v) is 7.98. The highest BCUT2D eigenvalue weighted by Gasteiger charge is 2.55. The Hall–Kier alpha value is -0.580. The number of amides is 1. The Labute approximate surface area is 102 Å². The SMILES string of the molecule is O=C(NC1CCS(=O)(=O)C1)C1C2CCCCC21. The monoisotopic (exact) mass is 257 g/mol. The summed E-state index contributed by atoms with van der Waals surface area (Å²) in [5.74, 6) is 1.88. The molecule has 1 amide bonds. The van der Waals surface area contributed by atoms with E-state index in [4.69, 9.17) is 0 Å². The van der Waals surface area contributed by atoms with Gasteiger partial charge in [0.1, 0.15) is 0 Å². The van der Waals surface area contributed by atoms with Gasteiger partial charge in [0.15, 0.2) is 9.84 Å². The molecule has 0 aromatic rings. The van der Waals surface area contributed by atoms with E-state index in [1.807, 2.05) is 0 Å². The molecule has 17 heavy (non-hydrogen) atoms. The molecule has 2 saturated carbocycles. The summed E-state index contributed by atoms with van der Waals surface area (Å²) >= 11 is 0. The molecule has 3 rings (SSSR count). The topological polar surface area (TPSA) is 63.2 Å². The smallest absolute Gasteiger partial charge is 0.223 e. The van der Waals surface area contributed by atoms with Gasteiger partial charge >= 0.3 is 0 Å². The first-order chi connectivity index (χ1) is 8.07. The fraction of sp³-hybridized carbons (Fsp3) is 0.917. The fourth-order valence-electron chi connectivity index (χ4n) is 3.59. The molecule has 4 nitrogen and oxygen atoms in total. The van der Waals surface area contributed by atoms with Gasteiger partial charge in [0.05, 0.1) is 11.5 Å². The normalized spacial score (nSPS) is 42.8. The second-order valence-electron chi connectivity index (χ2n) is 5.75. The third-order valence-corrected chi connectivity index (χ3v) is 6.31. The molecule has 96 valence electrons. The van der Waals surface area contributed by atoms with Crippen LogP contribution in [0, 0.1) is 17.8 Å². The standard InChI is InChI=1S/C12H19NO3S/c14-12(11-9-3-1-2-4-10(9)11)13-8-5-6-17(15,16)7-8/h8-11H,1-7H2,(H,13,14). The fourth-order valence-corrected chi connectivity index (χ4v) is 5.26. The largest absolute Gasteiger partial charge is 0.352 e. The predicted octanol–water partition coefficient (Wildman–Crippen LogP) is 0.726. The van der Waals surface area contributed by atoms with E-state index in [0.29, 0.717) is 18.3 Å². The van der Waals surface area contributed by atoms with E-state index in [2.05, 4.69) is 5.32 Å². The lowest BCUT2D eigenvalue weighted by Crippen LogP contribution is -2.37. The zero-order chi connectivity index (χ0) is 12.0. The van der Waals surface area contributed by atoms with Crippen LogP contribution in [0.25, 0.3) is 0 Å². The molecule has 3 unspecified atom stereocenters. The van der Waals surface area contributed by atoms with E-state index < -0.39 is 9.84 Å². The van der Waals surface area contributed by atoms with Gasteiger partial charge in [-0.05, 0) is 31.1 Å². The van der Waals surface area contributed by atoms with Crippen LogP contribution in [0.15, 0.2) is 0 Å². The Kier molecular flexibility index (Phi) is 2.69. The van der Waals surface area contributed by atoms with Gasteiger partial charge in [-0.2, -0.15) is 0 Å². The molecular weight excluding hydrogens is 238 g/mol. The molecule has 1 N–H and O–H groups in total. The molecule has 1 heterocycles. The van der Waals surface area contributed by atoms with Crippen molar-refractivity contribution in [2.24, 2.45) is 17.8 Å². The molecule has 3 fully saturated rings. The van der Waals surface area contributed by atoms with E-state index in [0.717, 1.165) is 0 Å². The van der Waals surface area contributed by atoms with Crippen LogP contribution in [0.5, 0.6) is 0 Å². The van der Waals surface area contributed by atoms with Gasteiger partial charge in [0.2, 0.25) is 5.91 Å². The van der Waals surface area contributed by atoms with Crippen LogP contribution >= 0.6 is 0 Å². The van der Waals surface area contributed by atoms with Gasteiger partial charge < -0.3 is 5.32 Å². The summed E-state index contributed by atoms with van der Waals surface area (Å²) in [6, 6.07) is -0.129. The van der Waals surface area contributed by atoms with Crippen LogP contribution in [-0.2, 0) is 14.6 Å². The second kappa shape index (κ2) is 3.97. The summed E-state index contributed by atoms with van der Waals surface area (Å²) < 4.78 is 22.6. The third-order valence-electron chi connectivity index (χ3n) is 4.54. The van der Waals surface area contributed by atoms with Crippen molar-refractivity contribution in [1.29, 1.82) is 0 Å². The molecule has 2 aliphatic carbocycles. The van der Waals surface area contributed by atoms with E-state index in [1.165, 1.54) is 25.7 Å². The highest BCUT2D eigenvalue weighted by molar-refractivity contribution is 7.91. The van der Waals surface area contributed by atoms with Crippen LogP contribution in [0.1, 0.15) is 32.1 Å². The number of fused-ring (bicyclic) bond motifs is 1. The molecule has 0 bridgehead atoms. The Morgan fingerprint density at radius 3 is 2.24 bits per heavy atom. The Morgan fingerprint density at radius 1 is 1.06 bits per heavy atom. The van der Waals surface area contributed by atoms with Crippen molar-refractivity contribution < 1.29 is 13.2 Å². The number of rotatable bonds is 2. The number of carbonyl (C=O) groups excluding carboxylic acids is 1. The molecule has 0 spiro atoms. The molecular formula is C12H19NO3S.